The number of allylic oxidation sites excluding steroid dienone is 1. The van der Waals surface area contributed by atoms with E-state index in [0.717, 1.165) is 0 Å². The van der Waals surface area contributed by atoms with Crippen molar-refractivity contribution in [1.82, 2.24) is 0 Å². The van der Waals surface area contributed by atoms with E-state index in [9.17, 15) is 14.0 Å². The molecule has 0 saturated heterocycles. The van der Waals surface area contributed by atoms with Crippen LogP contribution in [0.4, 0.5) is 10.1 Å². The maximum absolute atomic E-state index is 13.6. The second-order valence-corrected chi connectivity index (χ2v) is 4.93. The van der Waals surface area contributed by atoms with E-state index in [4.69, 9.17) is 4.74 Å². The zero-order chi connectivity index (χ0) is 16.8. The summed E-state index contributed by atoms with van der Waals surface area (Å²) >= 11 is 0. The summed E-state index contributed by atoms with van der Waals surface area (Å²) in [6.45, 7) is 3.05. The number of anilines is 1. The van der Waals surface area contributed by atoms with E-state index in [2.05, 4.69) is 5.32 Å². The number of rotatable bonds is 4. The standard InChI is InChI=1S/C18H16FNO3/c1-12(16-5-3-4-6-17(16)19)11-18(22)23-15-9-7-14(8-10-15)20-13(2)21/h3-11H,1-2H3,(H,20,21)/b12-11-. The lowest BCUT2D eigenvalue weighted by molar-refractivity contribution is -0.129. The van der Waals surface area contributed by atoms with Gasteiger partial charge in [0.15, 0.2) is 0 Å². The Balaban J connectivity index is 2.05. The predicted octanol–water partition coefficient (Wildman–Crippen LogP) is 3.79. The van der Waals surface area contributed by atoms with Crippen molar-refractivity contribution in [3.05, 3.63) is 66.0 Å². The number of hydrogen-bond acceptors (Lipinski definition) is 3. The molecular weight excluding hydrogens is 297 g/mol. The van der Waals surface area contributed by atoms with Crippen molar-refractivity contribution in [2.45, 2.75) is 13.8 Å². The van der Waals surface area contributed by atoms with E-state index in [1.165, 1.54) is 19.1 Å². The van der Waals surface area contributed by atoms with Crippen molar-refractivity contribution in [2.24, 2.45) is 0 Å². The van der Waals surface area contributed by atoms with Gasteiger partial charge in [-0.05, 0) is 42.8 Å². The highest BCUT2D eigenvalue weighted by Gasteiger charge is 2.07. The number of halogens is 1. The first-order valence-corrected chi connectivity index (χ1v) is 6.98. The Morgan fingerprint density at radius 2 is 1.70 bits per heavy atom. The van der Waals surface area contributed by atoms with Crippen molar-refractivity contribution >= 4 is 23.1 Å². The van der Waals surface area contributed by atoms with Gasteiger partial charge in [0.1, 0.15) is 11.6 Å². The number of esters is 1. The molecule has 2 rings (SSSR count). The topological polar surface area (TPSA) is 55.4 Å². The van der Waals surface area contributed by atoms with Gasteiger partial charge in [-0.25, -0.2) is 9.18 Å². The summed E-state index contributed by atoms with van der Waals surface area (Å²) < 4.78 is 18.8. The summed E-state index contributed by atoms with van der Waals surface area (Å²) in [4.78, 5) is 22.8. The van der Waals surface area contributed by atoms with Crippen molar-refractivity contribution in [3.63, 3.8) is 0 Å². The molecule has 0 bridgehead atoms. The Kier molecular flexibility index (Phi) is 5.25. The van der Waals surface area contributed by atoms with Crippen LogP contribution in [0.2, 0.25) is 0 Å². The lowest BCUT2D eigenvalue weighted by Gasteiger charge is -2.06. The number of ether oxygens (including phenoxy) is 1. The van der Waals surface area contributed by atoms with Gasteiger partial charge in [-0.15, -0.1) is 0 Å². The highest BCUT2D eigenvalue weighted by Crippen LogP contribution is 2.19. The second kappa shape index (κ2) is 7.35. The van der Waals surface area contributed by atoms with Crippen LogP contribution in [0, 0.1) is 5.82 Å². The fourth-order valence-corrected chi connectivity index (χ4v) is 1.99. The summed E-state index contributed by atoms with van der Waals surface area (Å²) in [5.41, 5.74) is 1.43. The average molecular weight is 313 g/mol. The molecule has 118 valence electrons. The van der Waals surface area contributed by atoms with Crippen LogP contribution >= 0.6 is 0 Å². The number of carbonyl (C=O) groups is 2. The molecule has 0 fully saturated rings. The van der Waals surface area contributed by atoms with Crippen LogP contribution in [0.1, 0.15) is 19.4 Å². The molecule has 0 aliphatic rings. The van der Waals surface area contributed by atoms with E-state index in [1.807, 2.05) is 0 Å². The molecule has 0 atom stereocenters. The third-order valence-corrected chi connectivity index (χ3v) is 3.03. The smallest absolute Gasteiger partial charge is 0.336 e. The molecule has 5 heteroatoms. The molecule has 0 aliphatic heterocycles. The quantitative estimate of drug-likeness (QED) is 0.531. The van der Waals surface area contributed by atoms with Crippen molar-refractivity contribution in [1.29, 1.82) is 0 Å². The minimum atomic E-state index is -0.599. The highest BCUT2D eigenvalue weighted by molar-refractivity contribution is 5.92. The maximum Gasteiger partial charge on any atom is 0.336 e. The first-order valence-electron chi connectivity index (χ1n) is 6.98. The summed E-state index contributed by atoms with van der Waals surface area (Å²) in [5, 5.41) is 2.61. The molecule has 1 amide bonds. The molecule has 0 radical (unpaired) electrons. The van der Waals surface area contributed by atoms with Crippen LogP contribution in [-0.4, -0.2) is 11.9 Å². The SMILES string of the molecule is CC(=O)Nc1ccc(OC(=O)/C=C(/C)c2ccccc2F)cc1. The minimum absolute atomic E-state index is 0.182. The van der Waals surface area contributed by atoms with Gasteiger partial charge in [-0.2, -0.15) is 0 Å². The summed E-state index contributed by atoms with van der Waals surface area (Å²) in [6, 6.07) is 12.6. The highest BCUT2D eigenvalue weighted by atomic mass is 19.1. The zero-order valence-electron chi connectivity index (χ0n) is 12.8. The Labute approximate surface area is 133 Å². The van der Waals surface area contributed by atoms with Crippen molar-refractivity contribution in [3.8, 4) is 5.75 Å². The van der Waals surface area contributed by atoms with E-state index in [0.29, 0.717) is 22.6 Å². The number of hydrogen-bond donors (Lipinski definition) is 1. The number of carbonyl (C=O) groups excluding carboxylic acids is 2. The van der Waals surface area contributed by atoms with Crippen molar-refractivity contribution < 1.29 is 18.7 Å². The molecule has 0 aliphatic carbocycles. The fourth-order valence-electron chi connectivity index (χ4n) is 1.99. The lowest BCUT2D eigenvalue weighted by Crippen LogP contribution is -2.07. The summed E-state index contributed by atoms with van der Waals surface area (Å²) in [6.07, 6.45) is 1.24. The van der Waals surface area contributed by atoms with Crippen LogP contribution in [0.15, 0.2) is 54.6 Å². The molecule has 0 aromatic heterocycles. The zero-order valence-corrected chi connectivity index (χ0v) is 12.8. The van der Waals surface area contributed by atoms with Crippen LogP contribution < -0.4 is 10.1 Å². The second-order valence-electron chi connectivity index (χ2n) is 4.93. The van der Waals surface area contributed by atoms with Gasteiger partial charge in [0.2, 0.25) is 5.91 Å². The molecule has 2 aromatic carbocycles. The normalized spacial score (nSPS) is 11.0. The van der Waals surface area contributed by atoms with Gasteiger partial charge >= 0.3 is 5.97 Å². The number of nitrogens with one attached hydrogen (secondary N) is 1. The van der Waals surface area contributed by atoms with E-state index in [1.54, 1.807) is 49.4 Å². The van der Waals surface area contributed by atoms with Crippen molar-refractivity contribution in [2.75, 3.05) is 5.32 Å². The molecule has 23 heavy (non-hydrogen) atoms. The predicted molar refractivity (Wildman–Crippen MR) is 86.4 cm³/mol. The molecule has 4 nitrogen and oxygen atoms in total. The van der Waals surface area contributed by atoms with Gasteiger partial charge in [0.05, 0.1) is 0 Å². The molecule has 0 unspecified atom stereocenters. The lowest BCUT2D eigenvalue weighted by atomic mass is 10.1. The Morgan fingerprint density at radius 3 is 2.30 bits per heavy atom. The molecule has 0 saturated carbocycles. The van der Waals surface area contributed by atoms with Gasteiger partial charge < -0.3 is 10.1 Å². The third kappa shape index (κ3) is 4.78. The van der Waals surface area contributed by atoms with Gasteiger partial charge in [0.25, 0.3) is 0 Å². The van der Waals surface area contributed by atoms with E-state index >= 15 is 0 Å². The first kappa shape index (κ1) is 16.4. The van der Waals surface area contributed by atoms with E-state index in [-0.39, 0.29) is 5.91 Å². The first-order chi connectivity index (χ1) is 11.0. The Morgan fingerprint density at radius 1 is 1.04 bits per heavy atom. The van der Waals surface area contributed by atoms with Gasteiger partial charge in [-0.3, -0.25) is 4.79 Å². The molecule has 0 heterocycles. The minimum Gasteiger partial charge on any atom is -0.423 e. The molecule has 2 aromatic rings. The average Bonchev–Trinajstić information content (AvgIpc) is 2.49. The van der Waals surface area contributed by atoms with Gasteiger partial charge in [-0.1, -0.05) is 18.2 Å². The number of amides is 1. The molecule has 0 spiro atoms. The fraction of sp³-hybridized carbons (Fsp3) is 0.111. The van der Waals surface area contributed by atoms with Crippen LogP contribution in [0.25, 0.3) is 5.57 Å². The maximum atomic E-state index is 13.6. The molecular formula is C18H16FNO3. The largest absolute Gasteiger partial charge is 0.423 e. The number of benzene rings is 2. The van der Waals surface area contributed by atoms with Crippen LogP contribution in [-0.2, 0) is 9.59 Å². The summed E-state index contributed by atoms with van der Waals surface area (Å²) in [7, 11) is 0. The summed E-state index contributed by atoms with van der Waals surface area (Å²) in [5.74, 6) is -0.841. The molecule has 1 N–H and O–H groups in total. The van der Waals surface area contributed by atoms with Crippen LogP contribution in [0.5, 0.6) is 5.75 Å². The van der Waals surface area contributed by atoms with Gasteiger partial charge in [0, 0.05) is 24.3 Å². The monoisotopic (exact) mass is 313 g/mol. The van der Waals surface area contributed by atoms with E-state index < -0.39 is 11.8 Å². The van der Waals surface area contributed by atoms with Crippen LogP contribution in [0.3, 0.4) is 0 Å². The Bertz CT molecular complexity index is 751. The Hall–Kier alpha value is -2.95. The third-order valence-electron chi connectivity index (χ3n) is 3.03.